The van der Waals surface area contributed by atoms with Gasteiger partial charge in [-0.05, 0) is 50.4 Å². The van der Waals surface area contributed by atoms with Gasteiger partial charge >= 0.3 is 0 Å². The van der Waals surface area contributed by atoms with Crippen molar-refractivity contribution in [1.29, 1.82) is 0 Å². The quantitative estimate of drug-likeness (QED) is 0.766. The first-order valence-electron chi connectivity index (χ1n) is 10.4. The van der Waals surface area contributed by atoms with Crippen LogP contribution in [0.1, 0.15) is 56.6 Å². The molecule has 0 aliphatic carbocycles. The molecule has 6 heteroatoms. The molecule has 2 saturated heterocycles. The summed E-state index contributed by atoms with van der Waals surface area (Å²) in [4.78, 5) is 2.30. The van der Waals surface area contributed by atoms with Gasteiger partial charge in [0.2, 0.25) is 10.0 Å². The Bertz CT molecular complexity index is 810. The summed E-state index contributed by atoms with van der Waals surface area (Å²) in [5.74, 6) is 6.64. The smallest absolute Gasteiger partial charge is 0.213 e. The van der Waals surface area contributed by atoms with Gasteiger partial charge in [0.1, 0.15) is 0 Å². The van der Waals surface area contributed by atoms with E-state index in [9.17, 15) is 13.5 Å². The number of hydrogen-bond donors (Lipinski definition) is 1. The van der Waals surface area contributed by atoms with Crippen molar-refractivity contribution in [2.45, 2.75) is 57.5 Å². The van der Waals surface area contributed by atoms with Gasteiger partial charge in [-0.15, -0.1) is 0 Å². The standard InChI is InChI=1S/C22H32N2O3S/c1-3-5-6-9-18-10-12-19(13-11-18)22-20-16-23(28(26,27)4-2)14-7-8-15-24(20)21(22)17-25/h10-13,20-22,25H,3-5,7-8,14-17H2,1-2H3/t20-,21+,22-/m0/s1. The zero-order valence-corrected chi connectivity index (χ0v) is 17.8. The van der Waals surface area contributed by atoms with Crippen LogP contribution in [0.4, 0.5) is 0 Å². The van der Waals surface area contributed by atoms with E-state index < -0.39 is 10.0 Å². The van der Waals surface area contributed by atoms with E-state index in [4.69, 9.17) is 0 Å². The topological polar surface area (TPSA) is 60.9 Å². The first-order valence-corrected chi connectivity index (χ1v) is 12.1. The number of sulfonamides is 1. The first-order chi connectivity index (χ1) is 13.5. The van der Waals surface area contributed by atoms with Crippen LogP contribution in [-0.4, -0.2) is 66.8 Å². The summed E-state index contributed by atoms with van der Waals surface area (Å²) < 4.78 is 26.7. The normalized spacial score (nSPS) is 26.3. The van der Waals surface area contributed by atoms with Gasteiger partial charge in [0.05, 0.1) is 12.4 Å². The van der Waals surface area contributed by atoms with Crippen molar-refractivity contribution < 1.29 is 13.5 Å². The molecule has 0 saturated carbocycles. The molecule has 3 atom stereocenters. The van der Waals surface area contributed by atoms with Crippen LogP contribution < -0.4 is 0 Å². The Morgan fingerprint density at radius 1 is 1.14 bits per heavy atom. The van der Waals surface area contributed by atoms with Crippen LogP contribution in [0.25, 0.3) is 0 Å². The fraction of sp³-hybridized carbons (Fsp3) is 0.636. The van der Waals surface area contributed by atoms with Crippen LogP contribution in [0.5, 0.6) is 0 Å². The maximum atomic E-state index is 12.5. The van der Waals surface area contributed by atoms with Crippen LogP contribution in [0.15, 0.2) is 24.3 Å². The van der Waals surface area contributed by atoms with Gasteiger partial charge in [0.25, 0.3) is 0 Å². The largest absolute Gasteiger partial charge is 0.395 e. The van der Waals surface area contributed by atoms with Crippen LogP contribution in [0.3, 0.4) is 0 Å². The highest BCUT2D eigenvalue weighted by Gasteiger charge is 2.49. The SMILES string of the molecule is CCCC#Cc1ccc([C@@H]2[C@@H](CO)N3CCCCN(S(=O)(=O)CC)C[C@@H]23)cc1. The van der Waals surface area contributed by atoms with Gasteiger partial charge in [0.15, 0.2) is 0 Å². The molecule has 2 aliphatic heterocycles. The Morgan fingerprint density at radius 2 is 1.86 bits per heavy atom. The number of benzene rings is 1. The predicted molar refractivity (Wildman–Crippen MR) is 113 cm³/mol. The monoisotopic (exact) mass is 404 g/mol. The average molecular weight is 405 g/mol. The van der Waals surface area contributed by atoms with Gasteiger partial charge < -0.3 is 5.11 Å². The van der Waals surface area contributed by atoms with Crippen LogP contribution >= 0.6 is 0 Å². The average Bonchev–Trinajstić information content (AvgIpc) is 2.68. The van der Waals surface area contributed by atoms with E-state index >= 15 is 0 Å². The summed E-state index contributed by atoms with van der Waals surface area (Å²) >= 11 is 0. The maximum Gasteiger partial charge on any atom is 0.213 e. The predicted octanol–water partition coefficient (Wildman–Crippen LogP) is 2.41. The molecule has 5 nitrogen and oxygen atoms in total. The number of nitrogens with zero attached hydrogens (tertiary/aromatic N) is 2. The summed E-state index contributed by atoms with van der Waals surface area (Å²) in [5, 5.41) is 9.99. The number of hydrogen-bond acceptors (Lipinski definition) is 4. The molecule has 2 aliphatic rings. The third-order valence-electron chi connectivity index (χ3n) is 5.99. The van der Waals surface area contributed by atoms with E-state index in [2.05, 4.69) is 35.8 Å². The van der Waals surface area contributed by atoms with E-state index in [1.165, 1.54) is 0 Å². The highest BCUT2D eigenvalue weighted by molar-refractivity contribution is 7.89. The fourth-order valence-electron chi connectivity index (χ4n) is 4.42. The molecular formula is C22H32N2O3S. The molecule has 0 aromatic heterocycles. The zero-order chi connectivity index (χ0) is 20.1. The molecular weight excluding hydrogens is 372 g/mol. The Morgan fingerprint density at radius 3 is 2.50 bits per heavy atom. The summed E-state index contributed by atoms with van der Waals surface area (Å²) in [6.07, 6.45) is 3.79. The van der Waals surface area contributed by atoms with Crippen molar-refractivity contribution >= 4 is 10.0 Å². The number of rotatable bonds is 5. The first kappa shape index (κ1) is 21.3. The number of unbranched alkanes of at least 4 members (excludes halogenated alkanes) is 1. The van der Waals surface area contributed by atoms with E-state index in [-0.39, 0.29) is 30.4 Å². The number of fused-ring (bicyclic) bond motifs is 1. The lowest BCUT2D eigenvalue weighted by molar-refractivity contribution is -0.0553. The van der Waals surface area contributed by atoms with Crippen LogP contribution in [0, 0.1) is 11.8 Å². The van der Waals surface area contributed by atoms with E-state index in [1.807, 2.05) is 12.1 Å². The molecule has 154 valence electrons. The molecule has 1 aromatic carbocycles. The molecule has 28 heavy (non-hydrogen) atoms. The molecule has 1 N–H and O–H groups in total. The second-order valence-corrected chi connectivity index (χ2v) is 9.98. The lowest BCUT2D eigenvalue weighted by Gasteiger charge is -2.57. The summed E-state index contributed by atoms with van der Waals surface area (Å²) in [6.45, 7) is 5.95. The summed E-state index contributed by atoms with van der Waals surface area (Å²) in [6, 6.07) is 8.45. The van der Waals surface area contributed by atoms with E-state index in [1.54, 1.807) is 11.2 Å². The fourth-order valence-corrected chi connectivity index (χ4v) is 5.57. The maximum absolute atomic E-state index is 12.5. The lowest BCUT2D eigenvalue weighted by Crippen LogP contribution is -2.67. The lowest BCUT2D eigenvalue weighted by atomic mass is 9.74. The minimum absolute atomic E-state index is 0.0614. The molecule has 0 radical (unpaired) electrons. The van der Waals surface area contributed by atoms with Crippen molar-refractivity contribution in [3.8, 4) is 11.8 Å². The molecule has 1 aromatic rings. The van der Waals surface area contributed by atoms with Crippen molar-refractivity contribution in [1.82, 2.24) is 9.21 Å². The zero-order valence-electron chi connectivity index (χ0n) is 17.0. The summed E-state index contributed by atoms with van der Waals surface area (Å²) in [5.41, 5.74) is 2.16. The summed E-state index contributed by atoms with van der Waals surface area (Å²) in [7, 11) is -3.21. The van der Waals surface area contributed by atoms with Gasteiger partial charge in [-0.3, -0.25) is 4.90 Å². The second kappa shape index (κ2) is 9.41. The Kier molecular flexibility index (Phi) is 7.16. The second-order valence-electron chi connectivity index (χ2n) is 7.72. The van der Waals surface area contributed by atoms with Crippen LogP contribution in [-0.2, 0) is 10.0 Å². The van der Waals surface area contributed by atoms with Crippen molar-refractivity contribution in [3.05, 3.63) is 35.4 Å². The molecule has 3 rings (SSSR count). The van der Waals surface area contributed by atoms with Gasteiger partial charge in [0, 0.05) is 43.1 Å². The molecule has 2 heterocycles. The third-order valence-corrected chi connectivity index (χ3v) is 7.84. The Labute approximate surface area is 169 Å². The van der Waals surface area contributed by atoms with Crippen molar-refractivity contribution in [2.75, 3.05) is 32.0 Å². The molecule has 0 unspecified atom stereocenters. The minimum Gasteiger partial charge on any atom is -0.395 e. The third kappa shape index (κ3) is 4.44. The van der Waals surface area contributed by atoms with E-state index in [0.717, 1.165) is 43.4 Å². The van der Waals surface area contributed by atoms with Gasteiger partial charge in [-0.25, -0.2) is 12.7 Å². The van der Waals surface area contributed by atoms with Gasteiger partial charge in [-0.1, -0.05) is 30.9 Å². The Balaban J connectivity index is 1.82. The van der Waals surface area contributed by atoms with Crippen molar-refractivity contribution in [2.24, 2.45) is 0 Å². The van der Waals surface area contributed by atoms with Crippen molar-refractivity contribution in [3.63, 3.8) is 0 Å². The molecule has 0 spiro atoms. The van der Waals surface area contributed by atoms with E-state index in [0.29, 0.717) is 13.1 Å². The highest BCUT2D eigenvalue weighted by atomic mass is 32.2. The van der Waals surface area contributed by atoms with Crippen LogP contribution in [0.2, 0.25) is 0 Å². The van der Waals surface area contributed by atoms with Gasteiger partial charge in [-0.2, -0.15) is 0 Å². The number of aliphatic hydroxyl groups excluding tert-OH is 1. The highest BCUT2D eigenvalue weighted by Crippen LogP contribution is 2.42. The minimum atomic E-state index is -3.21. The number of aliphatic hydroxyl groups is 1. The molecule has 2 fully saturated rings. The molecule has 0 amide bonds. The Hall–Kier alpha value is -1.39. The molecule has 0 bridgehead atoms.